The van der Waals surface area contributed by atoms with Crippen molar-refractivity contribution >= 4 is 35.2 Å². The fourth-order valence-corrected chi connectivity index (χ4v) is 7.01. The van der Waals surface area contributed by atoms with Crippen LogP contribution >= 0.6 is 0 Å². The van der Waals surface area contributed by atoms with Crippen molar-refractivity contribution in [1.82, 2.24) is 9.97 Å². The van der Waals surface area contributed by atoms with E-state index in [4.69, 9.17) is 9.40 Å². The van der Waals surface area contributed by atoms with Crippen LogP contribution in [0.1, 0.15) is 49.1 Å². The Balaban J connectivity index is 0.000000221. The first-order valence-corrected chi connectivity index (χ1v) is 18.6. The van der Waals surface area contributed by atoms with Gasteiger partial charge in [-0.25, -0.2) is 0 Å². The summed E-state index contributed by atoms with van der Waals surface area (Å²) in [5.74, 6) is 0.666. The van der Waals surface area contributed by atoms with Crippen LogP contribution in [0.5, 0.6) is 0 Å². The van der Waals surface area contributed by atoms with Crippen molar-refractivity contribution in [2.75, 3.05) is 0 Å². The van der Waals surface area contributed by atoms with E-state index in [1.54, 1.807) is 0 Å². The molecule has 7 rings (SSSR count). The first-order valence-electron chi connectivity index (χ1n) is 15.1. The zero-order valence-electron chi connectivity index (χ0n) is 25.4. The van der Waals surface area contributed by atoms with Crippen molar-refractivity contribution in [3.63, 3.8) is 0 Å². The average Bonchev–Trinajstić information content (AvgIpc) is 3.41. The molecule has 0 atom stereocenters. The number of fused-ring (bicyclic) bond motifs is 3. The van der Waals surface area contributed by atoms with Crippen molar-refractivity contribution in [2.24, 2.45) is 0 Å². The molecule has 0 spiro atoms. The second-order valence-electron chi connectivity index (χ2n) is 12.5. The molecule has 3 nitrogen and oxygen atoms in total. The molecular weight excluding hydrogens is 721 g/mol. The second-order valence-corrected chi connectivity index (χ2v) is 17.5. The molecule has 0 amide bonds. The van der Waals surface area contributed by atoms with Gasteiger partial charge in [0.05, 0.1) is 13.7 Å². The molecule has 1 saturated carbocycles. The number of nitrogens with zero attached hydrogens (tertiary/aromatic N) is 2. The zero-order valence-corrected chi connectivity index (χ0v) is 28.8. The van der Waals surface area contributed by atoms with E-state index in [-0.39, 0.29) is 20.1 Å². The summed E-state index contributed by atoms with van der Waals surface area (Å²) in [6.07, 6.45) is 10.5. The summed E-state index contributed by atoms with van der Waals surface area (Å²) < 4.78 is 6.34. The SMILES string of the molecule is C[Si](C)(C)c1ccc2oc3c(-c4cc(C5CCCCC5)ccn4)[c-]ccc3c2c1.Cc1ccc(-c2[c-]cccc2)nc1.[Ir]. The van der Waals surface area contributed by atoms with Crippen LogP contribution in [0, 0.1) is 19.1 Å². The van der Waals surface area contributed by atoms with Gasteiger partial charge >= 0.3 is 0 Å². The van der Waals surface area contributed by atoms with Crippen LogP contribution in [0.25, 0.3) is 44.5 Å². The van der Waals surface area contributed by atoms with Gasteiger partial charge in [0, 0.05) is 37.9 Å². The maximum atomic E-state index is 6.34. The van der Waals surface area contributed by atoms with E-state index in [0.29, 0.717) is 5.92 Å². The zero-order chi connectivity index (χ0) is 29.1. The largest absolute Gasteiger partial charge is 0.501 e. The fourth-order valence-electron chi connectivity index (χ4n) is 5.85. The Morgan fingerprint density at radius 2 is 1.63 bits per heavy atom. The molecule has 0 N–H and O–H groups in total. The smallest absolute Gasteiger partial charge is 0.120 e. The van der Waals surface area contributed by atoms with E-state index in [1.807, 2.05) is 55.7 Å². The van der Waals surface area contributed by atoms with E-state index in [9.17, 15) is 0 Å². The molecule has 0 aliphatic heterocycles. The quantitative estimate of drug-likeness (QED) is 0.133. The Hall–Kier alpha value is -3.37. The number of aryl methyl sites for hydroxylation is 1. The maximum Gasteiger partial charge on any atom is 0.120 e. The molecule has 3 aromatic carbocycles. The first-order chi connectivity index (χ1) is 20.4. The summed E-state index contributed by atoms with van der Waals surface area (Å²) in [7, 11) is -1.38. The summed E-state index contributed by atoms with van der Waals surface area (Å²) in [5.41, 5.74) is 8.43. The molecule has 1 aliphatic rings. The van der Waals surface area contributed by atoms with Crippen LogP contribution in [0.3, 0.4) is 0 Å². The van der Waals surface area contributed by atoms with Crippen molar-refractivity contribution in [1.29, 1.82) is 0 Å². The summed E-state index contributed by atoms with van der Waals surface area (Å²) in [6, 6.07) is 33.8. The second kappa shape index (κ2) is 13.5. The number of aromatic nitrogens is 2. The van der Waals surface area contributed by atoms with Gasteiger partial charge in [0.1, 0.15) is 5.58 Å². The van der Waals surface area contributed by atoms with Crippen LogP contribution in [0.4, 0.5) is 0 Å². The number of rotatable bonds is 4. The Labute approximate surface area is 270 Å². The van der Waals surface area contributed by atoms with Gasteiger partial charge < -0.3 is 14.4 Å². The predicted molar refractivity (Wildman–Crippen MR) is 178 cm³/mol. The van der Waals surface area contributed by atoms with E-state index in [2.05, 4.69) is 79.2 Å². The molecular formula is C38H38IrN2OSi-2. The van der Waals surface area contributed by atoms with Gasteiger partial charge in [0.25, 0.3) is 0 Å². The summed E-state index contributed by atoms with van der Waals surface area (Å²) in [6.45, 7) is 9.19. The summed E-state index contributed by atoms with van der Waals surface area (Å²) in [4.78, 5) is 9.01. The van der Waals surface area contributed by atoms with Crippen molar-refractivity contribution in [2.45, 2.75) is 64.6 Å². The van der Waals surface area contributed by atoms with Gasteiger partial charge in [0.15, 0.2) is 0 Å². The minimum atomic E-state index is -1.38. The van der Waals surface area contributed by atoms with Gasteiger partial charge in [-0.2, -0.15) is 0 Å². The third kappa shape index (κ3) is 7.07. The van der Waals surface area contributed by atoms with Crippen molar-refractivity contribution in [3.8, 4) is 22.5 Å². The van der Waals surface area contributed by atoms with E-state index >= 15 is 0 Å². The van der Waals surface area contributed by atoms with Gasteiger partial charge in [-0.05, 0) is 54.8 Å². The average molecular weight is 759 g/mol. The topological polar surface area (TPSA) is 38.9 Å². The van der Waals surface area contributed by atoms with E-state index in [0.717, 1.165) is 33.7 Å². The van der Waals surface area contributed by atoms with Crippen molar-refractivity contribution in [3.05, 3.63) is 115 Å². The molecule has 1 fully saturated rings. The van der Waals surface area contributed by atoms with Crippen LogP contribution < -0.4 is 5.19 Å². The predicted octanol–water partition coefficient (Wildman–Crippen LogP) is 9.90. The number of hydrogen-bond donors (Lipinski definition) is 0. The molecule has 43 heavy (non-hydrogen) atoms. The fraction of sp³-hybridized carbons (Fsp3) is 0.263. The van der Waals surface area contributed by atoms with Gasteiger partial charge in [-0.3, -0.25) is 0 Å². The Morgan fingerprint density at radius 1 is 0.791 bits per heavy atom. The van der Waals surface area contributed by atoms with Crippen LogP contribution in [0.15, 0.2) is 95.7 Å². The molecule has 3 aromatic heterocycles. The van der Waals surface area contributed by atoms with Crippen LogP contribution in [0.2, 0.25) is 19.6 Å². The van der Waals surface area contributed by atoms with E-state index < -0.39 is 8.07 Å². The Kier molecular flexibility index (Phi) is 9.76. The molecule has 1 aliphatic carbocycles. The molecule has 1 radical (unpaired) electrons. The third-order valence-corrected chi connectivity index (χ3v) is 10.4. The molecule has 6 aromatic rings. The number of pyridine rings is 2. The summed E-state index contributed by atoms with van der Waals surface area (Å²) in [5, 5.41) is 3.83. The molecule has 3 heterocycles. The van der Waals surface area contributed by atoms with Gasteiger partial charge in [0.2, 0.25) is 0 Å². The Bertz CT molecular complexity index is 1800. The number of furan rings is 1. The van der Waals surface area contributed by atoms with Crippen LogP contribution in [-0.4, -0.2) is 18.0 Å². The van der Waals surface area contributed by atoms with Gasteiger partial charge in [-0.15, -0.1) is 54.1 Å². The van der Waals surface area contributed by atoms with Gasteiger partial charge in [-0.1, -0.05) is 90.9 Å². The molecule has 221 valence electrons. The number of hydrogen-bond acceptors (Lipinski definition) is 3. The van der Waals surface area contributed by atoms with Crippen LogP contribution in [-0.2, 0) is 20.1 Å². The normalized spacial score (nSPS) is 13.8. The van der Waals surface area contributed by atoms with Crippen molar-refractivity contribution < 1.29 is 24.5 Å². The molecule has 0 bridgehead atoms. The number of benzene rings is 3. The molecule has 0 saturated heterocycles. The third-order valence-electron chi connectivity index (χ3n) is 8.31. The maximum absolute atomic E-state index is 6.34. The molecule has 5 heteroatoms. The minimum absolute atomic E-state index is 0. The van der Waals surface area contributed by atoms with E-state index in [1.165, 1.54) is 59.2 Å². The summed E-state index contributed by atoms with van der Waals surface area (Å²) >= 11 is 0. The Morgan fingerprint density at radius 3 is 2.35 bits per heavy atom. The monoisotopic (exact) mass is 759 g/mol. The molecule has 0 unspecified atom stereocenters. The standard InChI is InChI=1S/C26H28NOSi.C12H10N.Ir/c1-29(2,3)20-12-13-25-23(17-20)21-10-7-11-22(26(21)28-25)24-16-19(14-15-27-24)18-8-5-4-6-9-18;1-10-7-8-12(13-9-10)11-5-3-2-4-6-11;/h7,10,12-18H,4-6,8-9H2,1-3H3;2-5,7-9H,1H3;/q2*-1;. The minimum Gasteiger partial charge on any atom is -0.501 e. The first kappa shape index (κ1) is 31.1.